The van der Waals surface area contributed by atoms with Crippen LogP contribution >= 0.6 is 22.7 Å². The first-order valence-electron chi connectivity index (χ1n) is 14.3. The molecule has 0 aliphatic heterocycles. The summed E-state index contributed by atoms with van der Waals surface area (Å²) in [5.41, 5.74) is 4.18. The standard InChI is InChI=1S/C36H26F6N2OS2/c1-20-26(19-29(46-20)23-13-15-24(16-14-23)44(2)3)32-33(35(39,40)36(41,42)34(32,37)38)31-25-6-4-5-7-27(25)47-28(31)17-12-21-8-10-22(11-9-21)18-30(43)45/h4-11,13-16,19H,18H2,1-3H3,(H2,43,45). The molecule has 1 aliphatic rings. The van der Waals surface area contributed by atoms with Crippen LogP contribution in [0.1, 0.15) is 32.0 Å². The monoisotopic (exact) mass is 680 g/mol. The summed E-state index contributed by atoms with van der Waals surface area (Å²) < 4.78 is 95.0. The molecule has 0 bridgehead atoms. The number of hydrogen-bond donors (Lipinski definition) is 1. The molecule has 2 N–H and O–H groups in total. The van der Waals surface area contributed by atoms with Gasteiger partial charge in [0, 0.05) is 61.9 Å². The molecule has 2 heterocycles. The number of hydrogen-bond acceptors (Lipinski definition) is 4. The molecule has 11 heteroatoms. The van der Waals surface area contributed by atoms with Crippen molar-refractivity contribution in [1.29, 1.82) is 0 Å². The number of nitrogens with two attached hydrogens (primary N) is 1. The van der Waals surface area contributed by atoms with Crippen molar-refractivity contribution in [1.82, 2.24) is 0 Å². The largest absolute Gasteiger partial charge is 0.380 e. The highest BCUT2D eigenvalue weighted by atomic mass is 32.1. The van der Waals surface area contributed by atoms with Gasteiger partial charge in [0.25, 0.3) is 0 Å². The molecule has 240 valence electrons. The maximum Gasteiger partial charge on any atom is 0.380 e. The van der Waals surface area contributed by atoms with Gasteiger partial charge >= 0.3 is 17.8 Å². The molecule has 1 amide bonds. The number of carbonyl (C=O) groups excluding carboxylic acids is 1. The van der Waals surface area contributed by atoms with Gasteiger partial charge in [0.15, 0.2) is 0 Å². The molecule has 0 atom stereocenters. The van der Waals surface area contributed by atoms with Crippen LogP contribution in [-0.2, 0) is 11.2 Å². The molecule has 47 heavy (non-hydrogen) atoms. The second-order valence-electron chi connectivity index (χ2n) is 11.4. The molecule has 6 rings (SSSR count). The zero-order valence-electron chi connectivity index (χ0n) is 25.2. The van der Waals surface area contributed by atoms with Crippen LogP contribution in [0, 0.1) is 18.8 Å². The van der Waals surface area contributed by atoms with Crippen molar-refractivity contribution in [3.8, 4) is 22.3 Å². The van der Waals surface area contributed by atoms with E-state index in [9.17, 15) is 4.79 Å². The molecule has 0 fully saturated rings. The van der Waals surface area contributed by atoms with E-state index < -0.39 is 40.4 Å². The Morgan fingerprint density at radius 3 is 2.11 bits per heavy atom. The Labute approximate surface area is 275 Å². The normalized spacial score (nSPS) is 16.3. The predicted octanol–water partition coefficient (Wildman–Crippen LogP) is 9.26. The summed E-state index contributed by atoms with van der Waals surface area (Å²) in [4.78, 5) is 13.7. The van der Waals surface area contributed by atoms with E-state index in [2.05, 4.69) is 11.8 Å². The third-order valence-corrected chi connectivity index (χ3v) is 10.2. The highest BCUT2D eigenvalue weighted by Gasteiger charge is 2.80. The van der Waals surface area contributed by atoms with E-state index in [1.807, 2.05) is 31.1 Å². The molecule has 5 aromatic rings. The Bertz CT molecular complexity index is 2110. The molecule has 3 aromatic carbocycles. The molecule has 0 spiro atoms. The number of aryl methyl sites for hydroxylation is 1. The lowest BCUT2D eigenvalue weighted by molar-refractivity contribution is -0.254. The van der Waals surface area contributed by atoms with E-state index in [-0.39, 0.29) is 27.1 Å². The average Bonchev–Trinajstić information content (AvgIpc) is 3.61. The topological polar surface area (TPSA) is 46.3 Å². The Morgan fingerprint density at radius 1 is 0.830 bits per heavy atom. The van der Waals surface area contributed by atoms with Gasteiger partial charge in [-0.05, 0) is 65.9 Å². The van der Waals surface area contributed by atoms with Crippen molar-refractivity contribution in [3.63, 3.8) is 0 Å². The van der Waals surface area contributed by atoms with Crippen LogP contribution in [-0.4, -0.2) is 37.8 Å². The number of amides is 1. The number of alkyl halides is 6. The van der Waals surface area contributed by atoms with Gasteiger partial charge in [0.2, 0.25) is 5.91 Å². The van der Waals surface area contributed by atoms with Gasteiger partial charge in [-0.15, -0.1) is 22.7 Å². The fourth-order valence-electron chi connectivity index (χ4n) is 5.63. The van der Waals surface area contributed by atoms with E-state index in [4.69, 9.17) is 5.73 Å². The second-order valence-corrected chi connectivity index (χ2v) is 13.7. The summed E-state index contributed by atoms with van der Waals surface area (Å²) in [6.07, 6.45) is 0.00765. The van der Waals surface area contributed by atoms with Gasteiger partial charge < -0.3 is 10.6 Å². The highest BCUT2D eigenvalue weighted by Crippen LogP contribution is 2.66. The Hall–Kier alpha value is -4.53. The number of benzene rings is 3. The van der Waals surface area contributed by atoms with Crippen LogP contribution < -0.4 is 10.6 Å². The van der Waals surface area contributed by atoms with Gasteiger partial charge in [-0.2, -0.15) is 26.3 Å². The fourth-order valence-corrected chi connectivity index (χ4v) is 7.72. The minimum atomic E-state index is -5.71. The van der Waals surface area contributed by atoms with E-state index in [0.717, 1.165) is 28.4 Å². The number of fused-ring (bicyclic) bond motifs is 1. The average molecular weight is 681 g/mol. The zero-order valence-corrected chi connectivity index (χ0v) is 26.9. The number of allylic oxidation sites excluding steroid dienone is 2. The van der Waals surface area contributed by atoms with Gasteiger partial charge in [-0.3, -0.25) is 4.79 Å². The Balaban J connectivity index is 1.58. The van der Waals surface area contributed by atoms with Gasteiger partial charge in [0.1, 0.15) is 0 Å². The fraction of sp³-hybridized carbons (Fsp3) is 0.194. The first-order valence-corrected chi connectivity index (χ1v) is 15.9. The smallest absolute Gasteiger partial charge is 0.378 e. The van der Waals surface area contributed by atoms with Gasteiger partial charge in [-0.1, -0.05) is 48.4 Å². The Kier molecular flexibility index (Phi) is 8.01. The Morgan fingerprint density at radius 2 is 1.47 bits per heavy atom. The number of anilines is 1. The number of nitrogens with zero attached hydrogens (tertiary/aromatic N) is 1. The van der Waals surface area contributed by atoms with E-state index >= 15 is 26.3 Å². The maximum absolute atomic E-state index is 16.0. The number of carbonyl (C=O) groups is 1. The van der Waals surface area contributed by atoms with Crippen LogP contribution in [0.2, 0.25) is 0 Å². The summed E-state index contributed by atoms with van der Waals surface area (Å²) in [6, 6.07) is 21.1. The summed E-state index contributed by atoms with van der Waals surface area (Å²) in [5.74, 6) is -11.0. The quantitative estimate of drug-likeness (QED) is 0.144. The van der Waals surface area contributed by atoms with E-state index in [0.29, 0.717) is 26.3 Å². The third-order valence-electron chi connectivity index (χ3n) is 8.02. The molecule has 0 saturated carbocycles. The van der Waals surface area contributed by atoms with E-state index in [1.54, 1.807) is 48.5 Å². The van der Waals surface area contributed by atoms with Crippen LogP contribution in [0.5, 0.6) is 0 Å². The molecule has 3 nitrogen and oxygen atoms in total. The second kappa shape index (κ2) is 11.6. The first-order chi connectivity index (χ1) is 22.1. The minimum Gasteiger partial charge on any atom is -0.378 e. The minimum absolute atomic E-state index is 0.00765. The van der Waals surface area contributed by atoms with Crippen molar-refractivity contribution < 1.29 is 31.1 Å². The number of thiophene rings is 2. The number of primary amides is 1. The van der Waals surface area contributed by atoms with Crippen molar-refractivity contribution >= 4 is 55.5 Å². The molecular formula is C36H26F6N2OS2. The lowest BCUT2D eigenvalue weighted by Crippen LogP contribution is -2.48. The van der Waals surface area contributed by atoms with Gasteiger partial charge in [-0.25, -0.2) is 0 Å². The molecule has 0 saturated heterocycles. The summed E-state index contributed by atoms with van der Waals surface area (Å²) in [7, 11) is 3.71. The lowest BCUT2D eigenvalue weighted by Gasteiger charge is -2.25. The molecule has 1 aliphatic carbocycles. The van der Waals surface area contributed by atoms with Crippen LogP contribution in [0.3, 0.4) is 0 Å². The van der Waals surface area contributed by atoms with Crippen molar-refractivity contribution in [2.75, 3.05) is 19.0 Å². The van der Waals surface area contributed by atoms with Crippen molar-refractivity contribution in [2.24, 2.45) is 5.73 Å². The van der Waals surface area contributed by atoms with Crippen LogP contribution in [0.4, 0.5) is 32.0 Å². The predicted molar refractivity (Wildman–Crippen MR) is 178 cm³/mol. The highest BCUT2D eigenvalue weighted by molar-refractivity contribution is 7.20. The van der Waals surface area contributed by atoms with Gasteiger partial charge in [0.05, 0.1) is 11.3 Å². The van der Waals surface area contributed by atoms with Crippen molar-refractivity contribution in [3.05, 3.63) is 111 Å². The molecule has 2 aromatic heterocycles. The number of rotatable bonds is 6. The lowest BCUT2D eigenvalue weighted by atomic mass is 9.92. The SMILES string of the molecule is Cc1sc(-c2ccc(N(C)C)cc2)cc1C1=C(c2c(C#Cc3ccc(CC(N)=O)cc3)sc3ccccc23)C(F)(F)C(F)(F)C1(F)F. The number of halogens is 6. The van der Waals surface area contributed by atoms with E-state index in [1.165, 1.54) is 25.1 Å². The summed E-state index contributed by atoms with van der Waals surface area (Å²) >= 11 is 2.02. The molecular weight excluding hydrogens is 655 g/mol. The molecule has 0 unspecified atom stereocenters. The summed E-state index contributed by atoms with van der Waals surface area (Å²) in [6.45, 7) is 1.46. The maximum atomic E-state index is 16.0. The first kappa shape index (κ1) is 32.4. The molecule has 0 radical (unpaired) electrons. The van der Waals surface area contributed by atoms with Crippen molar-refractivity contribution in [2.45, 2.75) is 31.1 Å². The zero-order chi connectivity index (χ0) is 33.9. The van der Waals surface area contributed by atoms with Crippen LogP contribution in [0.15, 0.2) is 78.9 Å². The summed E-state index contributed by atoms with van der Waals surface area (Å²) in [5, 5.41) is 0.117. The van der Waals surface area contributed by atoms with Crippen LogP contribution in [0.25, 0.3) is 31.7 Å². The third kappa shape index (κ3) is 5.39.